The first-order valence-corrected chi connectivity index (χ1v) is 8.92. The zero-order valence-electron chi connectivity index (χ0n) is 14.5. The van der Waals surface area contributed by atoms with Gasteiger partial charge in [-0.05, 0) is 34.3 Å². The van der Waals surface area contributed by atoms with Crippen LogP contribution in [0.1, 0.15) is 36.5 Å². The van der Waals surface area contributed by atoms with Crippen LogP contribution in [0.2, 0.25) is 0 Å². The fraction of sp³-hybridized carbons (Fsp3) is 0.115. The zero-order valence-corrected chi connectivity index (χ0v) is 14.5. The Hall–Kier alpha value is -3.19. The van der Waals surface area contributed by atoms with Crippen molar-refractivity contribution in [3.8, 4) is 0 Å². The second-order valence-corrected chi connectivity index (χ2v) is 6.56. The highest BCUT2D eigenvalue weighted by molar-refractivity contribution is 5.99. The topological polar surface area (TPSA) is 17.1 Å². The van der Waals surface area contributed by atoms with Gasteiger partial charge in [0, 0.05) is 11.5 Å². The third kappa shape index (κ3) is 3.83. The first kappa shape index (κ1) is 18.6. The van der Waals surface area contributed by atoms with Gasteiger partial charge in [0.1, 0.15) is 6.29 Å². The lowest BCUT2D eigenvalue weighted by atomic mass is 9.76. The van der Waals surface area contributed by atoms with Gasteiger partial charge in [0.05, 0.1) is 0 Å². The van der Waals surface area contributed by atoms with Gasteiger partial charge in [-0.25, -0.2) is 0 Å². The molecule has 0 spiro atoms. The summed E-state index contributed by atoms with van der Waals surface area (Å²) in [6, 6.07) is 31.0. The highest BCUT2D eigenvalue weighted by Gasteiger charge is 2.26. The molecule has 1 atom stereocenters. The molecule has 0 saturated carbocycles. The van der Waals surface area contributed by atoms with Crippen molar-refractivity contribution in [1.29, 1.82) is 0 Å². The number of hydrogen-bond acceptors (Lipinski definition) is 1. The van der Waals surface area contributed by atoms with E-state index in [-0.39, 0.29) is 13.3 Å². The third-order valence-corrected chi connectivity index (χ3v) is 4.99. The predicted octanol–water partition coefficient (Wildman–Crippen LogP) is 6.55. The van der Waals surface area contributed by atoms with Crippen molar-refractivity contribution in [2.24, 2.45) is 0 Å². The molecule has 0 aliphatic heterocycles. The molecule has 0 radical (unpaired) electrons. The van der Waals surface area contributed by atoms with Gasteiger partial charge in [-0.15, -0.1) is 0 Å². The Morgan fingerprint density at radius 1 is 0.704 bits per heavy atom. The molecule has 1 aliphatic carbocycles. The van der Waals surface area contributed by atoms with Crippen LogP contribution in [-0.4, -0.2) is 6.29 Å². The molecule has 1 heteroatoms. The summed E-state index contributed by atoms with van der Waals surface area (Å²) in [6.07, 6.45) is 4.06. The number of aldehydes is 1. The zero-order chi connectivity index (χ0) is 17.8. The molecule has 0 saturated heterocycles. The Labute approximate surface area is 161 Å². The van der Waals surface area contributed by atoms with E-state index in [9.17, 15) is 4.79 Å². The fourth-order valence-electron chi connectivity index (χ4n) is 3.68. The van der Waals surface area contributed by atoms with Crippen molar-refractivity contribution in [1.82, 2.24) is 0 Å². The monoisotopic (exact) mass is 352 g/mol. The summed E-state index contributed by atoms with van der Waals surface area (Å²) in [5.41, 5.74) is 6.64. The maximum Gasteiger partial charge on any atom is 0.147 e. The van der Waals surface area contributed by atoms with Crippen LogP contribution >= 0.6 is 0 Å². The molecular weight excluding hydrogens is 328 g/mol. The van der Waals surface area contributed by atoms with E-state index in [1.54, 1.807) is 0 Å². The van der Waals surface area contributed by atoms with Gasteiger partial charge in [0.25, 0.3) is 0 Å². The van der Waals surface area contributed by atoms with Gasteiger partial charge in [-0.3, -0.25) is 4.79 Å². The van der Waals surface area contributed by atoms with Crippen molar-refractivity contribution in [2.75, 3.05) is 0 Å². The van der Waals surface area contributed by atoms with Crippen LogP contribution in [0.4, 0.5) is 0 Å². The lowest BCUT2D eigenvalue weighted by molar-refractivity contribution is -0.105. The van der Waals surface area contributed by atoms with E-state index in [1.807, 2.05) is 42.5 Å². The van der Waals surface area contributed by atoms with E-state index >= 15 is 0 Å². The van der Waals surface area contributed by atoms with Crippen LogP contribution in [-0.2, 0) is 4.79 Å². The molecule has 0 bridgehead atoms. The minimum Gasteiger partial charge on any atom is -0.298 e. The number of allylic oxidation sites excluding steroid dienone is 4. The number of benzene rings is 3. The largest absolute Gasteiger partial charge is 0.298 e. The summed E-state index contributed by atoms with van der Waals surface area (Å²) in [6.45, 7) is 0. The summed E-state index contributed by atoms with van der Waals surface area (Å²) in [7, 11) is 0. The first-order chi connectivity index (χ1) is 12.9. The van der Waals surface area contributed by atoms with E-state index in [4.69, 9.17) is 0 Å². The first-order valence-electron chi connectivity index (χ1n) is 8.92. The Morgan fingerprint density at radius 3 is 1.78 bits per heavy atom. The lowest BCUT2D eigenvalue weighted by Crippen LogP contribution is -2.11. The highest BCUT2D eigenvalue weighted by Crippen LogP contribution is 2.42. The Balaban J connectivity index is 0.00000210. The average molecular weight is 352 g/mol. The molecular formula is C26H24O. The second kappa shape index (κ2) is 8.46. The van der Waals surface area contributed by atoms with Gasteiger partial charge in [-0.2, -0.15) is 0 Å². The smallest absolute Gasteiger partial charge is 0.147 e. The number of carbonyl (C=O) groups excluding carboxylic acids is 1. The Kier molecular flexibility index (Phi) is 5.83. The van der Waals surface area contributed by atoms with Crippen molar-refractivity contribution in [3.63, 3.8) is 0 Å². The molecule has 3 aromatic carbocycles. The van der Waals surface area contributed by atoms with E-state index in [0.29, 0.717) is 0 Å². The maximum atomic E-state index is 12.1. The molecule has 0 heterocycles. The summed E-state index contributed by atoms with van der Waals surface area (Å²) in [5.74, 6) is 0.0733. The number of carbonyl (C=O) groups is 1. The molecule has 4 rings (SSSR count). The van der Waals surface area contributed by atoms with Crippen LogP contribution in [0.25, 0.3) is 11.1 Å². The molecule has 0 N–H and O–H groups in total. The third-order valence-electron chi connectivity index (χ3n) is 4.99. The fourth-order valence-corrected chi connectivity index (χ4v) is 3.68. The van der Waals surface area contributed by atoms with E-state index < -0.39 is 0 Å². The van der Waals surface area contributed by atoms with Gasteiger partial charge in [0.15, 0.2) is 0 Å². The molecule has 0 amide bonds. The normalized spacial score (nSPS) is 16.3. The standard InChI is InChI=1S/C25H20O.CH4/c26-18-25-23(20-12-6-2-7-13-20)16-22(19-10-4-1-5-11-19)17-24(25)21-14-8-3-9-15-21;/h1-16,18,24H,17H2;1H4. The van der Waals surface area contributed by atoms with Crippen LogP contribution < -0.4 is 0 Å². The second-order valence-electron chi connectivity index (χ2n) is 6.56. The highest BCUT2D eigenvalue weighted by atomic mass is 16.1. The maximum absolute atomic E-state index is 12.1. The SMILES string of the molecule is C.O=CC1=C(c2ccccc2)C=C(c2ccccc2)CC1c1ccccc1. The van der Waals surface area contributed by atoms with Gasteiger partial charge in [-0.1, -0.05) is 104 Å². The Morgan fingerprint density at radius 2 is 1.22 bits per heavy atom. The van der Waals surface area contributed by atoms with Crippen LogP contribution in [0.3, 0.4) is 0 Å². The van der Waals surface area contributed by atoms with Crippen molar-refractivity contribution in [3.05, 3.63) is 119 Å². The summed E-state index contributed by atoms with van der Waals surface area (Å²) in [5, 5.41) is 0. The van der Waals surface area contributed by atoms with Gasteiger partial charge in [0.2, 0.25) is 0 Å². The molecule has 1 nitrogen and oxygen atoms in total. The molecule has 134 valence electrons. The summed E-state index contributed by atoms with van der Waals surface area (Å²) in [4.78, 5) is 12.1. The molecule has 0 fully saturated rings. The predicted molar refractivity (Wildman–Crippen MR) is 114 cm³/mol. The van der Waals surface area contributed by atoms with Crippen molar-refractivity contribution >= 4 is 17.4 Å². The molecule has 27 heavy (non-hydrogen) atoms. The molecule has 0 aromatic heterocycles. The van der Waals surface area contributed by atoms with Crippen LogP contribution in [0, 0.1) is 0 Å². The minimum atomic E-state index is 0. The van der Waals surface area contributed by atoms with Gasteiger partial charge < -0.3 is 0 Å². The van der Waals surface area contributed by atoms with Crippen LogP contribution in [0.5, 0.6) is 0 Å². The number of hydrogen-bond donors (Lipinski definition) is 0. The van der Waals surface area contributed by atoms with E-state index in [2.05, 4.69) is 54.6 Å². The van der Waals surface area contributed by atoms with E-state index in [0.717, 1.165) is 29.4 Å². The molecule has 3 aromatic rings. The average Bonchev–Trinajstić information content (AvgIpc) is 2.74. The summed E-state index contributed by atoms with van der Waals surface area (Å²) < 4.78 is 0. The van der Waals surface area contributed by atoms with Crippen LogP contribution in [0.15, 0.2) is 103 Å². The number of rotatable bonds is 4. The van der Waals surface area contributed by atoms with E-state index in [1.165, 1.54) is 16.7 Å². The van der Waals surface area contributed by atoms with Gasteiger partial charge >= 0.3 is 0 Å². The Bertz CT molecular complexity index is 951. The summed E-state index contributed by atoms with van der Waals surface area (Å²) >= 11 is 0. The lowest BCUT2D eigenvalue weighted by Gasteiger charge is -2.27. The van der Waals surface area contributed by atoms with Crippen molar-refractivity contribution < 1.29 is 4.79 Å². The quantitative estimate of drug-likeness (QED) is 0.487. The molecule has 1 aliphatic rings. The van der Waals surface area contributed by atoms with Crippen molar-refractivity contribution in [2.45, 2.75) is 19.8 Å². The minimum absolute atomic E-state index is 0. The molecule has 1 unspecified atom stereocenters.